The Morgan fingerprint density at radius 3 is 2.53 bits per heavy atom. The van der Waals surface area contributed by atoms with Gasteiger partial charge in [0.25, 0.3) is 0 Å². The fourth-order valence-corrected chi connectivity index (χ4v) is 1.87. The highest BCUT2D eigenvalue weighted by atomic mass is 19.1. The van der Waals surface area contributed by atoms with Crippen LogP contribution in [0.15, 0.2) is 48.8 Å². The monoisotopic (exact) mass is 230 g/mol. The third-order valence-electron chi connectivity index (χ3n) is 2.84. The van der Waals surface area contributed by atoms with Crippen molar-refractivity contribution in [1.82, 2.24) is 10.3 Å². The summed E-state index contributed by atoms with van der Waals surface area (Å²) in [6, 6.07) is 10.9. The van der Waals surface area contributed by atoms with Crippen LogP contribution in [0.3, 0.4) is 0 Å². The van der Waals surface area contributed by atoms with E-state index in [0.29, 0.717) is 6.42 Å². The van der Waals surface area contributed by atoms with Gasteiger partial charge in [-0.3, -0.25) is 4.98 Å². The number of rotatable bonds is 4. The first-order valence-corrected chi connectivity index (χ1v) is 5.62. The van der Waals surface area contributed by atoms with Gasteiger partial charge in [-0.2, -0.15) is 0 Å². The Morgan fingerprint density at radius 2 is 1.88 bits per heavy atom. The second-order valence-corrected chi connectivity index (χ2v) is 3.92. The van der Waals surface area contributed by atoms with Gasteiger partial charge in [-0.25, -0.2) is 4.39 Å². The van der Waals surface area contributed by atoms with E-state index >= 15 is 0 Å². The summed E-state index contributed by atoms with van der Waals surface area (Å²) in [6.45, 7) is 0. The van der Waals surface area contributed by atoms with Crippen molar-refractivity contribution < 1.29 is 4.39 Å². The summed E-state index contributed by atoms with van der Waals surface area (Å²) in [5.74, 6) is -0.151. The van der Waals surface area contributed by atoms with E-state index in [-0.39, 0.29) is 11.9 Å². The molecular formula is C14H15FN2. The zero-order chi connectivity index (χ0) is 12.1. The molecule has 0 bridgehead atoms. The van der Waals surface area contributed by atoms with Crippen molar-refractivity contribution in [3.05, 3.63) is 65.7 Å². The second kappa shape index (κ2) is 5.55. The van der Waals surface area contributed by atoms with Gasteiger partial charge >= 0.3 is 0 Å². The predicted octanol–water partition coefficient (Wildman–Crippen LogP) is 2.72. The van der Waals surface area contributed by atoms with Crippen molar-refractivity contribution in [3.8, 4) is 0 Å². The zero-order valence-electron chi connectivity index (χ0n) is 9.73. The number of pyridine rings is 1. The Morgan fingerprint density at radius 1 is 1.18 bits per heavy atom. The van der Waals surface area contributed by atoms with E-state index in [9.17, 15) is 4.39 Å². The zero-order valence-corrected chi connectivity index (χ0v) is 9.73. The molecule has 0 aliphatic carbocycles. The smallest absolute Gasteiger partial charge is 0.126 e. The van der Waals surface area contributed by atoms with Gasteiger partial charge in [-0.05, 0) is 42.8 Å². The first-order chi connectivity index (χ1) is 8.31. The van der Waals surface area contributed by atoms with Crippen LogP contribution in [-0.2, 0) is 6.42 Å². The average Bonchev–Trinajstić information content (AvgIpc) is 2.39. The molecule has 1 unspecified atom stereocenters. The molecule has 0 aliphatic rings. The summed E-state index contributed by atoms with van der Waals surface area (Å²) in [7, 11) is 1.88. The number of likely N-dealkylation sites (N-methyl/N-ethyl adjacent to an activating group) is 1. The molecule has 1 aromatic carbocycles. The van der Waals surface area contributed by atoms with Crippen molar-refractivity contribution in [2.45, 2.75) is 12.5 Å². The van der Waals surface area contributed by atoms with E-state index in [1.807, 2.05) is 31.3 Å². The molecule has 0 aliphatic heterocycles. The van der Waals surface area contributed by atoms with Gasteiger partial charge in [0.05, 0.1) is 0 Å². The third-order valence-corrected chi connectivity index (χ3v) is 2.84. The van der Waals surface area contributed by atoms with Crippen LogP contribution in [-0.4, -0.2) is 12.0 Å². The maximum atomic E-state index is 13.6. The number of hydrogen-bond acceptors (Lipinski definition) is 2. The normalized spacial score (nSPS) is 12.4. The summed E-state index contributed by atoms with van der Waals surface area (Å²) in [5, 5.41) is 3.20. The van der Waals surface area contributed by atoms with Crippen LogP contribution in [0.25, 0.3) is 0 Å². The van der Waals surface area contributed by atoms with E-state index in [0.717, 1.165) is 11.1 Å². The fourth-order valence-electron chi connectivity index (χ4n) is 1.87. The minimum Gasteiger partial charge on any atom is -0.313 e. The van der Waals surface area contributed by atoms with Gasteiger partial charge < -0.3 is 5.32 Å². The van der Waals surface area contributed by atoms with Crippen LogP contribution in [0.2, 0.25) is 0 Å². The number of nitrogens with one attached hydrogen (secondary N) is 1. The average molecular weight is 230 g/mol. The predicted molar refractivity (Wildman–Crippen MR) is 66.1 cm³/mol. The molecular weight excluding hydrogens is 215 g/mol. The van der Waals surface area contributed by atoms with E-state index < -0.39 is 0 Å². The molecule has 0 fully saturated rings. The number of nitrogens with zero attached hydrogens (tertiary/aromatic N) is 1. The van der Waals surface area contributed by atoms with Crippen LogP contribution in [0.1, 0.15) is 17.2 Å². The van der Waals surface area contributed by atoms with E-state index in [1.54, 1.807) is 18.5 Å². The Balaban J connectivity index is 2.19. The minimum absolute atomic E-state index is 0.106. The van der Waals surface area contributed by atoms with Crippen molar-refractivity contribution in [2.24, 2.45) is 0 Å². The molecule has 1 atom stereocenters. The van der Waals surface area contributed by atoms with Gasteiger partial charge in [0.2, 0.25) is 0 Å². The maximum absolute atomic E-state index is 13.6. The van der Waals surface area contributed by atoms with Crippen molar-refractivity contribution in [1.29, 1.82) is 0 Å². The first kappa shape index (κ1) is 11.7. The standard InChI is InChI=1S/C14H15FN2/c1-16-14(11-6-8-17-9-7-11)10-12-4-2-3-5-13(12)15/h2-9,14,16H,10H2,1H3. The fraction of sp³-hybridized carbons (Fsp3) is 0.214. The summed E-state index contributed by atoms with van der Waals surface area (Å²) in [4.78, 5) is 3.98. The molecule has 2 nitrogen and oxygen atoms in total. The van der Waals surface area contributed by atoms with Crippen LogP contribution >= 0.6 is 0 Å². The quantitative estimate of drug-likeness (QED) is 0.873. The SMILES string of the molecule is CNC(Cc1ccccc1F)c1ccncc1. The van der Waals surface area contributed by atoms with Crippen molar-refractivity contribution >= 4 is 0 Å². The van der Waals surface area contributed by atoms with Gasteiger partial charge in [-0.15, -0.1) is 0 Å². The second-order valence-electron chi connectivity index (χ2n) is 3.92. The molecule has 2 aromatic rings. The summed E-state index contributed by atoms with van der Waals surface area (Å²) >= 11 is 0. The maximum Gasteiger partial charge on any atom is 0.126 e. The first-order valence-electron chi connectivity index (χ1n) is 5.62. The van der Waals surface area contributed by atoms with E-state index in [2.05, 4.69) is 10.3 Å². The highest BCUT2D eigenvalue weighted by molar-refractivity contribution is 5.23. The molecule has 0 saturated carbocycles. The topological polar surface area (TPSA) is 24.9 Å². The van der Waals surface area contributed by atoms with Crippen molar-refractivity contribution in [3.63, 3.8) is 0 Å². The number of hydrogen-bond donors (Lipinski definition) is 1. The third kappa shape index (κ3) is 2.88. The van der Waals surface area contributed by atoms with Crippen molar-refractivity contribution in [2.75, 3.05) is 7.05 Å². The molecule has 1 aromatic heterocycles. The molecule has 1 N–H and O–H groups in total. The Labute approximate surface area is 101 Å². The van der Waals surface area contributed by atoms with Gasteiger partial charge in [-0.1, -0.05) is 18.2 Å². The highest BCUT2D eigenvalue weighted by Gasteiger charge is 2.11. The largest absolute Gasteiger partial charge is 0.313 e. The van der Waals surface area contributed by atoms with Gasteiger partial charge in [0.1, 0.15) is 5.82 Å². The minimum atomic E-state index is -0.151. The highest BCUT2D eigenvalue weighted by Crippen LogP contribution is 2.19. The van der Waals surface area contributed by atoms with E-state index in [1.165, 1.54) is 6.07 Å². The van der Waals surface area contributed by atoms with E-state index in [4.69, 9.17) is 0 Å². The molecule has 0 spiro atoms. The molecule has 17 heavy (non-hydrogen) atoms. The van der Waals surface area contributed by atoms with Crippen LogP contribution in [0.5, 0.6) is 0 Å². The Kier molecular flexibility index (Phi) is 3.83. The Hall–Kier alpha value is -1.74. The van der Waals surface area contributed by atoms with Gasteiger partial charge in [0.15, 0.2) is 0 Å². The summed E-state index contributed by atoms with van der Waals surface area (Å²) in [5.41, 5.74) is 1.84. The summed E-state index contributed by atoms with van der Waals surface area (Å²) < 4.78 is 13.6. The molecule has 1 heterocycles. The number of aromatic nitrogens is 1. The lowest BCUT2D eigenvalue weighted by Gasteiger charge is -2.16. The lowest BCUT2D eigenvalue weighted by Crippen LogP contribution is -2.19. The Bertz CT molecular complexity index is 471. The number of halogens is 1. The molecule has 0 saturated heterocycles. The molecule has 88 valence electrons. The number of benzene rings is 1. The molecule has 2 rings (SSSR count). The lowest BCUT2D eigenvalue weighted by atomic mass is 9.99. The van der Waals surface area contributed by atoms with Crippen LogP contribution in [0.4, 0.5) is 4.39 Å². The van der Waals surface area contributed by atoms with Gasteiger partial charge in [0, 0.05) is 18.4 Å². The molecule has 3 heteroatoms. The van der Waals surface area contributed by atoms with Crippen LogP contribution < -0.4 is 5.32 Å². The van der Waals surface area contributed by atoms with Crippen LogP contribution in [0, 0.1) is 5.82 Å². The summed E-state index contributed by atoms with van der Waals surface area (Å²) in [6.07, 6.45) is 4.13. The molecule has 0 amide bonds. The lowest BCUT2D eigenvalue weighted by molar-refractivity contribution is 0.554. The molecule has 0 radical (unpaired) electrons.